The van der Waals surface area contributed by atoms with Gasteiger partial charge in [0, 0.05) is 25.7 Å². The molecule has 0 saturated carbocycles. The number of nitrogens with one attached hydrogen (secondary N) is 1. The fraction of sp³-hybridized carbons (Fsp3) is 0.364. The number of fused-ring (bicyclic) bond motifs is 3. The smallest absolute Gasteiger partial charge is 0.242 e. The van der Waals surface area contributed by atoms with E-state index in [9.17, 15) is 8.42 Å². The molecule has 28 heavy (non-hydrogen) atoms. The number of nitrogens with zero attached hydrogens (tertiary/aromatic N) is 1. The van der Waals surface area contributed by atoms with Crippen LogP contribution in [-0.4, -0.2) is 33.4 Å². The minimum absolute atomic E-state index is 0.180. The number of benzene rings is 2. The van der Waals surface area contributed by atoms with Gasteiger partial charge in [0.2, 0.25) is 10.0 Å². The highest BCUT2D eigenvalue weighted by Gasteiger charge is 2.38. The Hall–Kier alpha value is -2.31. The van der Waals surface area contributed by atoms with Crippen LogP contribution in [0.3, 0.4) is 0 Å². The van der Waals surface area contributed by atoms with E-state index >= 15 is 0 Å². The molecule has 2 aromatic rings. The summed E-state index contributed by atoms with van der Waals surface area (Å²) in [7, 11) is -0.322. The monoisotopic (exact) mass is 398 g/mol. The summed E-state index contributed by atoms with van der Waals surface area (Å²) >= 11 is 0. The minimum Gasteiger partial charge on any atom is -0.494 e. The summed E-state index contributed by atoms with van der Waals surface area (Å²) in [4.78, 5) is 0.344. The molecule has 4 rings (SSSR count). The standard InChI is InChI=1S/C22H26N2O3S/c1-4-27-16-10-8-15(9-11-16)22-19-7-5-6-18(19)20-14-17(12-13-21(20)23-22)28(25,26)24(2)3/h5-6,8-14,18-19,22-23H,4,7H2,1-3H3. The van der Waals surface area contributed by atoms with Gasteiger partial charge in [0.15, 0.2) is 0 Å². The minimum atomic E-state index is -3.45. The van der Waals surface area contributed by atoms with Crippen molar-refractivity contribution in [3.63, 3.8) is 0 Å². The number of allylic oxidation sites excluding steroid dienone is 2. The first-order valence-electron chi connectivity index (χ1n) is 9.64. The van der Waals surface area contributed by atoms with E-state index in [1.54, 1.807) is 20.2 Å². The summed E-state index contributed by atoms with van der Waals surface area (Å²) in [6.45, 7) is 2.63. The second kappa shape index (κ2) is 7.26. The van der Waals surface area contributed by atoms with Crippen molar-refractivity contribution < 1.29 is 13.2 Å². The van der Waals surface area contributed by atoms with E-state index in [4.69, 9.17) is 4.74 Å². The highest BCUT2D eigenvalue weighted by atomic mass is 32.2. The highest BCUT2D eigenvalue weighted by Crippen LogP contribution is 2.50. The summed E-state index contributed by atoms with van der Waals surface area (Å²) in [6, 6.07) is 13.9. The van der Waals surface area contributed by atoms with Crippen LogP contribution in [0.25, 0.3) is 0 Å². The van der Waals surface area contributed by atoms with Gasteiger partial charge in [0.1, 0.15) is 5.75 Å². The SMILES string of the molecule is CCOc1ccc(C2Nc3ccc(S(=O)(=O)N(C)C)cc3C3C=CCC32)cc1. The van der Waals surface area contributed by atoms with Gasteiger partial charge in [-0.25, -0.2) is 12.7 Å². The molecule has 0 aromatic heterocycles. The fourth-order valence-electron chi connectivity index (χ4n) is 4.21. The Morgan fingerprint density at radius 2 is 1.89 bits per heavy atom. The summed E-state index contributed by atoms with van der Waals surface area (Å²) in [5.74, 6) is 1.45. The number of hydrogen-bond acceptors (Lipinski definition) is 4. The molecule has 0 bridgehead atoms. The van der Waals surface area contributed by atoms with Gasteiger partial charge in [-0.1, -0.05) is 24.3 Å². The third kappa shape index (κ3) is 3.20. The van der Waals surface area contributed by atoms with E-state index in [0.29, 0.717) is 17.4 Å². The maximum atomic E-state index is 12.6. The average molecular weight is 399 g/mol. The first-order valence-corrected chi connectivity index (χ1v) is 11.1. The van der Waals surface area contributed by atoms with Crippen LogP contribution in [-0.2, 0) is 10.0 Å². The van der Waals surface area contributed by atoms with E-state index in [1.165, 1.54) is 9.87 Å². The van der Waals surface area contributed by atoms with Gasteiger partial charge in [-0.05, 0) is 60.7 Å². The molecular formula is C22H26N2O3S. The molecule has 0 amide bonds. The van der Waals surface area contributed by atoms with Gasteiger partial charge in [-0.2, -0.15) is 0 Å². The fourth-order valence-corrected chi connectivity index (χ4v) is 5.15. The molecule has 0 fully saturated rings. The molecule has 3 atom stereocenters. The first kappa shape index (κ1) is 19.0. The summed E-state index contributed by atoms with van der Waals surface area (Å²) in [6.07, 6.45) is 5.40. The zero-order valence-electron chi connectivity index (χ0n) is 16.4. The lowest BCUT2D eigenvalue weighted by Gasteiger charge is -2.37. The van der Waals surface area contributed by atoms with Gasteiger partial charge in [0.05, 0.1) is 17.5 Å². The normalized spacial score (nSPS) is 23.2. The quantitative estimate of drug-likeness (QED) is 0.769. The molecule has 5 nitrogen and oxygen atoms in total. The lowest BCUT2D eigenvalue weighted by Crippen LogP contribution is -2.29. The van der Waals surface area contributed by atoms with Crippen LogP contribution >= 0.6 is 0 Å². The third-order valence-corrected chi connectivity index (χ3v) is 7.47. The highest BCUT2D eigenvalue weighted by molar-refractivity contribution is 7.89. The lowest BCUT2D eigenvalue weighted by molar-refractivity contribution is 0.340. The molecule has 0 spiro atoms. The maximum absolute atomic E-state index is 12.6. The Balaban J connectivity index is 1.70. The maximum Gasteiger partial charge on any atom is 0.242 e. The van der Waals surface area contributed by atoms with Crippen molar-refractivity contribution in [1.82, 2.24) is 4.31 Å². The van der Waals surface area contributed by atoms with Gasteiger partial charge in [-0.3, -0.25) is 0 Å². The van der Waals surface area contributed by atoms with Crippen LogP contribution in [0.15, 0.2) is 59.5 Å². The van der Waals surface area contributed by atoms with Crippen molar-refractivity contribution in [3.05, 3.63) is 65.7 Å². The van der Waals surface area contributed by atoms with Gasteiger partial charge < -0.3 is 10.1 Å². The van der Waals surface area contributed by atoms with Gasteiger partial charge >= 0.3 is 0 Å². The van der Waals surface area contributed by atoms with Gasteiger partial charge in [0.25, 0.3) is 0 Å². The second-order valence-corrected chi connectivity index (χ2v) is 9.67. The Morgan fingerprint density at radius 1 is 1.14 bits per heavy atom. The van der Waals surface area contributed by atoms with Crippen LogP contribution in [0, 0.1) is 5.92 Å². The Labute approximate surface area is 167 Å². The van der Waals surface area contributed by atoms with E-state index in [0.717, 1.165) is 23.4 Å². The molecule has 1 N–H and O–H groups in total. The first-order chi connectivity index (χ1) is 13.4. The van der Waals surface area contributed by atoms with E-state index in [2.05, 4.69) is 29.6 Å². The number of rotatable bonds is 5. The molecule has 3 unspecified atom stereocenters. The molecule has 1 heterocycles. The second-order valence-electron chi connectivity index (χ2n) is 7.51. The van der Waals surface area contributed by atoms with Crippen molar-refractivity contribution in [1.29, 1.82) is 0 Å². The van der Waals surface area contributed by atoms with Crippen molar-refractivity contribution in [3.8, 4) is 5.75 Å². The van der Waals surface area contributed by atoms with Crippen LogP contribution in [0.1, 0.15) is 36.4 Å². The van der Waals surface area contributed by atoms with Crippen LogP contribution in [0.2, 0.25) is 0 Å². The molecule has 1 aliphatic heterocycles. The molecule has 0 saturated heterocycles. The molecular weight excluding hydrogens is 372 g/mol. The van der Waals surface area contributed by atoms with E-state index < -0.39 is 10.0 Å². The summed E-state index contributed by atoms with van der Waals surface area (Å²) in [5, 5.41) is 3.65. The van der Waals surface area contributed by atoms with Crippen LogP contribution in [0.5, 0.6) is 5.75 Å². The van der Waals surface area contributed by atoms with Gasteiger partial charge in [-0.15, -0.1) is 0 Å². The van der Waals surface area contributed by atoms with E-state index in [-0.39, 0.29) is 12.0 Å². The van der Waals surface area contributed by atoms with Crippen LogP contribution in [0.4, 0.5) is 5.69 Å². The molecule has 2 aromatic carbocycles. The number of hydrogen-bond donors (Lipinski definition) is 1. The third-order valence-electron chi connectivity index (χ3n) is 5.66. The van der Waals surface area contributed by atoms with Crippen molar-refractivity contribution in [2.45, 2.75) is 30.2 Å². The Bertz CT molecular complexity index is 997. The van der Waals surface area contributed by atoms with Crippen molar-refractivity contribution >= 4 is 15.7 Å². The molecule has 0 radical (unpaired) electrons. The Morgan fingerprint density at radius 3 is 2.57 bits per heavy atom. The molecule has 6 heteroatoms. The Kier molecular flexibility index (Phi) is 4.93. The zero-order chi connectivity index (χ0) is 19.9. The number of sulfonamides is 1. The van der Waals surface area contributed by atoms with Crippen molar-refractivity contribution in [2.24, 2.45) is 5.92 Å². The van der Waals surface area contributed by atoms with Crippen LogP contribution < -0.4 is 10.1 Å². The summed E-state index contributed by atoms with van der Waals surface area (Å²) in [5.41, 5.74) is 3.28. The lowest BCUT2D eigenvalue weighted by atomic mass is 9.77. The number of anilines is 1. The van der Waals surface area contributed by atoms with E-state index in [1.807, 2.05) is 31.2 Å². The largest absolute Gasteiger partial charge is 0.494 e. The number of ether oxygens (including phenoxy) is 1. The predicted molar refractivity (Wildman–Crippen MR) is 111 cm³/mol. The molecule has 148 valence electrons. The zero-order valence-corrected chi connectivity index (χ0v) is 17.2. The average Bonchev–Trinajstić information content (AvgIpc) is 3.18. The molecule has 1 aliphatic carbocycles. The predicted octanol–water partition coefficient (Wildman–Crippen LogP) is 4.16. The molecule has 2 aliphatic rings. The summed E-state index contributed by atoms with van der Waals surface area (Å²) < 4.78 is 31.9. The van der Waals surface area contributed by atoms with Crippen molar-refractivity contribution in [2.75, 3.05) is 26.0 Å². The topological polar surface area (TPSA) is 58.6 Å².